The Balaban J connectivity index is 2.27. The second kappa shape index (κ2) is 4.80. The third kappa shape index (κ3) is 2.10. The molecule has 2 rings (SSSR count). The van der Waals surface area contributed by atoms with Gasteiger partial charge in [-0.2, -0.15) is 5.10 Å². The van der Waals surface area contributed by atoms with Crippen LogP contribution in [0.15, 0.2) is 6.20 Å². The standard InChI is InChI=1S/C12H17N3O3/c1-3-9-8(7-14(2)13-9)11(16)15-6-4-5-10(15)12(17)18/h7,10H,3-6H2,1-2H3,(H,17,18)/t10-/m1/s1. The highest BCUT2D eigenvalue weighted by Gasteiger charge is 2.35. The SMILES string of the molecule is CCc1nn(C)cc1C(=O)N1CCC[C@@H]1C(=O)O. The predicted octanol–water partition coefficient (Wildman–Crippen LogP) is 0.672. The molecule has 1 aromatic rings. The Bertz CT molecular complexity index is 481. The lowest BCUT2D eigenvalue weighted by atomic mass is 10.1. The zero-order valence-electron chi connectivity index (χ0n) is 10.6. The summed E-state index contributed by atoms with van der Waals surface area (Å²) in [6, 6.07) is -0.692. The fourth-order valence-electron chi connectivity index (χ4n) is 2.40. The summed E-state index contributed by atoms with van der Waals surface area (Å²) in [5.41, 5.74) is 1.24. The van der Waals surface area contributed by atoms with Crippen LogP contribution in [0.1, 0.15) is 35.8 Å². The summed E-state index contributed by atoms with van der Waals surface area (Å²) < 4.78 is 1.60. The van der Waals surface area contributed by atoms with Gasteiger partial charge in [0.2, 0.25) is 0 Å². The smallest absolute Gasteiger partial charge is 0.326 e. The van der Waals surface area contributed by atoms with Crippen LogP contribution >= 0.6 is 0 Å². The summed E-state index contributed by atoms with van der Waals surface area (Å²) in [6.45, 7) is 2.44. The third-order valence-corrected chi connectivity index (χ3v) is 3.27. The first-order chi connectivity index (χ1) is 8.54. The number of hydrogen-bond acceptors (Lipinski definition) is 3. The van der Waals surface area contributed by atoms with Crippen molar-refractivity contribution in [3.8, 4) is 0 Å². The molecule has 1 saturated heterocycles. The second-order valence-electron chi connectivity index (χ2n) is 4.51. The molecule has 2 heterocycles. The molecule has 1 aliphatic rings. The van der Waals surface area contributed by atoms with Crippen LogP contribution in [0.4, 0.5) is 0 Å². The summed E-state index contributed by atoms with van der Waals surface area (Å²) in [4.78, 5) is 24.9. The first kappa shape index (κ1) is 12.6. The minimum atomic E-state index is -0.928. The van der Waals surface area contributed by atoms with Crippen molar-refractivity contribution in [3.63, 3.8) is 0 Å². The number of likely N-dealkylation sites (tertiary alicyclic amines) is 1. The molecule has 0 radical (unpaired) electrons. The van der Waals surface area contributed by atoms with Crippen LogP contribution in [-0.2, 0) is 18.3 Å². The summed E-state index contributed by atoms with van der Waals surface area (Å²) in [5, 5.41) is 13.3. The number of rotatable bonds is 3. The monoisotopic (exact) mass is 251 g/mol. The average Bonchev–Trinajstić information content (AvgIpc) is 2.93. The number of aliphatic carboxylic acids is 1. The van der Waals surface area contributed by atoms with Gasteiger partial charge in [0.15, 0.2) is 0 Å². The first-order valence-corrected chi connectivity index (χ1v) is 6.11. The largest absolute Gasteiger partial charge is 0.480 e. The Morgan fingerprint density at radius 3 is 2.89 bits per heavy atom. The Labute approximate surface area is 105 Å². The van der Waals surface area contributed by atoms with Gasteiger partial charge in [-0.15, -0.1) is 0 Å². The fraction of sp³-hybridized carbons (Fsp3) is 0.583. The average molecular weight is 251 g/mol. The van der Waals surface area contributed by atoms with E-state index in [2.05, 4.69) is 5.10 Å². The van der Waals surface area contributed by atoms with E-state index in [0.29, 0.717) is 24.9 Å². The Kier molecular flexibility index (Phi) is 3.36. The highest BCUT2D eigenvalue weighted by molar-refractivity contribution is 5.97. The van der Waals surface area contributed by atoms with E-state index in [1.165, 1.54) is 4.90 Å². The number of carbonyl (C=O) groups is 2. The molecule has 0 saturated carbocycles. The number of hydrogen-bond donors (Lipinski definition) is 1. The van der Waals surface area contributed by atoms with E-state index < -0.39 is 12.0 Å². The Morgan fingerprint density at radius 2 is 2.28 bits per heavy atom. The molecule has 1 aromatic heterocycles. The summed E-state index contributed by atoms with van der Waals surface area (Å²) in [5.74, 6) is -1.15. The van der Waals surface area contributed by atoms with Crippen molar-refractivity contribution in [2.45, 2.75) is 32.2 Å². The number of carboxylic acids is 1. The Morgan fingerprint density at radius 1 is 1.56 bits per heavy atom. The van der Waals surface area contributed by atoms with Crippen molar-refractivity contribution >= 4 is 11.9 Å². The van der Waals surface area contributed by atoms with Crippen molar-refractivity contribution in [3.05, 3.63) is 17.5 Å². The van der Waals surface area contributed by atoms with Crippen molar-refractivity contribution in [2.75, 3.05) is 6.54 Å². The lowest BCUT2D eigenvalue weighted by Gasteiger charge is -2.21. The molecule has 0 aliphatic carbocycles. The van der Waals surface area contributed by atoms with Crippen LogP contribution in [0.5, 0.6) is 0 Å². The van der Waals surface area contributed by atoms with Crippen molar-refractivity contribution in [2.24, 2.45) is 7.05 Å². The minimum absolute atomic E-state index is 0.218. The molecular weight excluding hydrogens is 234 g/mol. The second-order valence-corrected chi connectivity index (χ2v) is 4.51. The highest BCUT2D eigenvalue weighted by Crippen LogP contribution is 2.21. The molecule has 1 fully saturated rings. The van der Waals surface area contributed by atoms with E-state index in [0.717, 1.165) is 12.1 Å². The number of aromatic nitrogens is 2. The zero-order valence-corrected chi connectivity index (χ0v) is 10.6. The van der Waals surface area contributed by atoms with E-state index in [9.17, 15) is 9.59 Å². The van der Waals surface area contributed by atoms with Crippen LogP contribution < -0.4 is 0 Å². The van der Waals surface area contributed by atoms with Gasteiger partial charge in [0, 0.05) is 19.8 Å². The predicted molar refractivity (Wildman–Crippen MR) is 64.3 cm³/mol. The maximum absolute atomic E-state index is 12.4. The lowest BCUT2D eigenvalue weighted by Crippen LogP contribution is -2.40. The van der Waals surface area contributed by atoms with Gasteiger partial charge in [-0.3, -0.25) is 9.48 Å². The molecule has 98 valence electrons. The van der Waals surface area contributed by atoms with Crippen LogP contribution in [0.3, 0.4) is 0 Å². The van der Waals surface area contributed by atoms with Gasteiger partial charge in [0.1, 0.15) is 6.04 Å². The van der Waals surface area contributed by atoms with Crippen LogP contribution in [0, 0.1) is 0 Å². The number of aryl methyl sites for hydroxylation is 2. The zero-order chi connectivity index (χ0) is 13.3. The van der Waals surface area contributed by atoms with Crippen LogP contribution in [0.2, 0.25) is 0 Å². The van der Waals surface area contributed by atoms with Crippen LogP contribution in [0.25, 0.3) is 0 Å². The molecule has 0 aromatic carbocycles. The molecule has 1 atom stereocenters. The summed E-state index contributed by atoms with van der Waals surface area (Å²) in [7, 11) is 1.76. The summed E-state index contributed by atoms with van der Waals surface area (Å²) in [6.07, 6.45) is 3.60. The number of amides is 1. The maximum Gasteiger partial charge on any atom is 0.326 e. The van der Waals surface area contributed by atoms with Gasteiger partial charge in [0.05, 0.1) is 11.3 Å². The topological polar surface area (TPSA) is 75.4 Å². The molecule has 18 heavy (non-hydrogen) atoms. The molecule has 1 N–H and O–H groups in total. The molecule has 0 bridgehead atoms. The van der Waals surface area contributed by atoms with Gasteiger partial charge < -0.3 is 10.0 Å². The third-order valence-electron chi connectivity index (χ3n) is 3.27. The first-order valence-electron chi connectivity index (χ1n) is 6.11. The molecule has 6 nitrogen and oxygen atoms in total. The molecule has 0 spiro atoms. The van der Waals surface area contributed by atoms with Gasteiger partial charge >= 0.3 is 5.97 Å². The van der Waals surface area contributed by atoms with E-state index in [4.69, 9.17) is 5.11 Å². The minimum Gasteiger partial charge on any atom is -0.480 e. The quantitative estimate of drug-likeness (QED) is 0.856. The van der Waals surface area contributed by atoms with E-state index in [-0.39, 0.29) is 5.91 Å². The van der Waals surface area contributed by atoms with Crippen molar-refractivity contribution < 1.29 is 14.7 Å². The van der Waals surface area contributed by atoms with Crippen LogP contribution in [-0.4, -0.2) is 44.3 Å². The maximum atomic E-state index is 12.4. The lowest BCUT2D eigenvalue weighted by molar-refractivity contribution is -0.141. The molecule has 0 unspecified atom stereocenters. The van der Waals surface area contributed by atoms with Crippen molar-refractivity contribution in [1.82, 2.24) is 14.7 Å². The normalized spacial score (nSPS) is 19.2. The van der Waals surface area contributed by atoms with E-state index >= 15 is 0 Å². The van der Waals surface area contributed by atoms with Gasteiger partial charge in [0.25, 0.3) is 5.91 Å². The number of carbonyl (C=O) groups excluding carboxylic acids is 1. The highest BCUT2D eigenvalue weighted by atomic mass is 16.4. The molecular formula is C12H17N3O3. The number of carboxylic acid groups (broad SMARTS) is 1. The molecule has 1 aliphatic heterocycles. The Hall–Kier alpha value is -1.85. The summed E-state index contributed by atoms with van der Waals surface area (Å²) >= 11 is 0. The van der Waals surface area contributed by atoms with E-state index in [1.54, 1.807) is 17.9 Å². The van der Waals surface area contributed by atoms with Gasteiger partial charge in [-0.1, -0.05) is 6.92 Å². The molecule has 6 heteroatoms. The van der Waals surface area contributed by atoms with Crippen molar-refractivity contribution in [1.29, 1.82) is 0 Å². The number of nitrogens with zero attached hydrogens (tertiary/aromatic N) is 3. The fourth-order valence-corrected chi connectivity index (χ4v) is 2.40. The molecule has 1 amide bonds. The van der Waals surface area contributed by atoms with Gasteiger partial charge in [-0.25, -0.2) is 4.79 Å². The van der Waals surface area contributed by atoms with E-state index in [1.807, 2.05) is 6.92 Å². The van der Waals surface area contributed by atoms with Gasteiger partial charge in [-0.05, 0) is 19.3 Å².